The van der Waals surface area contributed by atoms with Crippen LogP contribution in [0.1, 0.15) is 11.3 Å². The van der Waals surface area contributed by atoms with Crippen LogP contribution in [-0.4, -0.2) is 34.9 Å². The van der Waals surface area contributed by atoms with Crippen molar-refractivity contribution in [1.29, 1.82) is 0 Å². The highest BCUT2D eigenvalue weighted by Crippen LogP contribution is 2.04. The number of nitrogens with zero attached hydrogens (tertiary/aromatic N) is 3. The first-order valence-corrected chi connectivity index (χ1v) is 5.44. The van der Waals surface area contributed by atoms with Gasteiger partial charge in [0.25, 0.3) is 0 Å². The summed E-state index contributed by atoms with van der Waals surface area (Å²) in [6, 6.07) is 1.94. The molecule has 2 rings (SSSR count). The Kier molecular flexibility index (Phi) is 4.03. The van der Waals surface area contributed by atoms with Crippen LogP contribution in [0.2, 0.25) is 0 Å². The molecule has 0 radical (unpaired) electrons. The van der Waals surface area contributed by atoms with Crippen LogP contribution >= 0.6 is 0 Å². The van der Waals surface area contributed by atoms with Gasteiger partial charge in [-0.25, -0.2) is 9.50 Å². The highest BCUT2D eigenvalue weighted by atomic mass is 16.7. The summed E-state index contributed by atoms with van der Waals surface area (Å²) in [5.74, 6) is 0. The molecule has 0 atom stereocenters. The topological polar surface area (TPSA) is 60.7 Å². The second-order valence-electron chi connectivity index (χ2n) is 3.71. The fourth-order valence-corrected chi connectivity index (χ4v) is 1.46. The van der Waals surface area contributed by atoms with Gasteiger partial charge in [-0.1, -0.05) is 0 Å². The first-order valence-electron chi connectivity index (χ1n) is 5.44. The molecule has 92 valence electrons. The van der Waals surface area contributed by atoms with E-state index in [2.05, 4.69) is 15.6 Å². The summed E-state index contributed by atoms with van der Waals surface area (Å²) in [5, 5.41) is 4.30. The van der Waals surface area contributed by atoms with Crippen LogP contribution in [0, 0.1) is 6.92 Å². The van der Waals surface area contributed by atoms with Crippen LogP contribution in [0.15, 0.2) is 18.5 Å². The van der Waals surface area contributed by atoms with Gasteiger partial charge in [-0.2, -0.15) is 10.6 Å². The average Bonchev–Trinajstić information content (AvgIpc) is 2.68. The molecule has 0 unspecified atom stereocenters. The molecule has 0 aliphatic carbocycles. The SMILES string of the molecule is COCCONCc1cnc2cc(C)nn2c1. The molecule has 2 aromatic heterocycles. The van der Waals surface area contributed by atoms with Gasteiger partial charge in [-0.3, -0.25) is 4.84 Å². The third kappa shape index (κ3) is 3.23. The van der Waals surface area contributed by atoms with E-state index in [1.807, 2.05) is 25.4 Å². The molecule has 0 spiro atoms. The van der Waals surface area contributed by atoms with E-state index >= 15 is 0 Å². The number of hydroxylamine groups is 1. The van der Waals surface area contributed by atoms with Crippen molar-refractivity contribution in [2.45, 2.75) is 13.5 Å². The molecule has 0 fully saturated rings. The molecule has 6 nitrogen and oxygen atoms in total. The van der Waals surface area contributed by atoms with Gasteiger partial charge in [-0.05, 0) is 6.92 Å². The molecular formula is C11H16N4O2. The second-order valence-corrected chi connectivity index (χ2v) is 3.71. The summed E-state index contributed by atoms with van der Waals surface area (Å²) >= 11 is 0. The maximum Gasteiger partial charge on any atom is 0.155 e. The molecule has 6 heteroatoms. The van der Waals surface area contributed by atoms with Crippen LogP contribution in [0.25, 0.3) is 5.65 Å². The number of nitrogens with one attached hydrogen (secondary N) is 1. The van der Waals surface area contributed by atoms with E-state index in [0.717, 1.165) is 16.9 Å². The van der Waals surface area contributed by atoms with E-state index in [9.17, 15) is 0 Å². The minimum absolute atomic E-state index is 0.521. The van der Waals surface area contributed by atoms with Crippen LogP contribution in [0.5, 0.6) is 0 Å². The normalized spacial score (nSPS) is 11.2. The van der Waals surface area contributed by atoms with Gasteiger partial charge in [0.05, 0.1) is 18.9 Å². The standard InChI is InChI=1S/C11H16N4O2/c1-9-5-11-12-6-10(8-15(11)14-9)7-13-17-4-3-16-2/h5-6,8,13H,3-4,7H2,1-2H3. The lowest BCUT2D eigenvalue weighted by atomic mass is 10.3. The van der Waals surface area contributed by atoms with Crippen molar-refractivity contribution in [1.82, 2.24) is 20.1 Å². The zero-order valence-electron chi connectivity index (χ0n) is 10.0. The highest BCUT2D eigenvalue weighted by molar-refractivity contribution is 5.38. The minimum atomic E-state index is 0.521. The van der Waals surface area contributed by atoms with Gasteiger partial charge in [0.2, 0.25) is 0 Å². The number of rotatable bonds is 6. The fraction of sp³-hybridized carbons (Fsp3) is 0.455. The number of aryl methyl sites for hydroxylation is 1. The fourth-order valence-electron chi connectivity index (χ4n) is 1.46. The Balaban J connectivity index is 1.90. The van der Waals surface area contributed by atoms with Gasteiger partial charge in [-0.15, -0.1) is 0 Å². The third-order valence-electron chi connectivity index (χ3n) is 2.26. The lowest BCUT2D eigenvalue weighted by Gasteiger charge is -2.05. The van der Waals surface area contributed by atoms with Crippen molar-refractivity contribution in [2.24, 2.45) is 0 Å². The van der Waals surface area contributed by atoms with Crippen LogP contribution in [0.4, 0.5) is 0 Å². The molecule has 2 heterocycles. The Morgan fingerprint density at radius 3 is 3.12 bits per heavy atom. The third-order valence-corrected chi connectivity index (χ3v) is 2.26. The summed E-state index contributed by atoms with van der Waals surface area (Å²) in [6.45, 7) is 3.63. The predicted octanol–water partition coefficient (Wildman–Crippen LogP) is 0.705. The molecule has 1 N–H and O–H groups in total. The summed E-state index contributed by atoms with van der Waals surface area (Å²) in [6.07, 6.45) is 3.74. The zero-order chi connectivity index (χ0) is 12.1. The molecule has 0 aliphatic heterocycles. The number of hydrogen-bond donors (Lipinski definition) is 1. The first-order chi connectivity index (χ1) is 8.29. The summed E-state index contributed by atoms with van der Waals surface area (Å²) in [4.78, 5) is 9.46. The van der Waals surface area contributed by atoms with E-state index in [0.29, 0.717) is 19.8 Å². The van der Waals surface area contributed by atoms with Gasteiger partial charge in [0.1, 0.15) is 0 Å². The molecule has 2 aromatic rings. The Bertz CT molecular complexity index is 483. The number of methoxy groups -OCH3 is 1. The van der Waals surface area contributed by atoms with E-state index in [4.69, 9.17) is 9.57 Å². The highest BCUT2D eigenvalue weighted by Gasteiger charge is 2.00. The molecule has 0 bridgehead atoms. The van der Waals surface area contributed by atoms with Crippen molar-refractivity contribution in [2.75, 3.05) is 20.3 Å². The van der Waals surface area contributed by atoms with E-state index in [1.165, 1.54) is 0 Å². The molecule has 0 aromatic carbocycles. The number of ether oxygens (including phenoxy) is 1. The molecule has 17 heavy (non-hydrogen) atoms. The van der Waals surface area contributed by atoms with E-state index in [1.54, 1.807) is 11.6 Å². The number of hydrogen-bond acceptors (Lipinski definition) is 5. The molecule has 0 saturated heterocycles. The summed E-state index contributed by atoms with van der Waals surface area (Å²) < 4.78 is 6.63. The Hall–Kier alpha value is -1.50. The van der Waals surface area contributed by atoms with Crippen LogP contribution in [0.3, 0.4) is 0 Å². The molecule has 0 aliphatic rings. The number of aromatic nitrogens is 3. The molecule has 0 amide bonds. The van der Waals surface area contributed by atoms with Gasteiger partial charge < -0.3 is 4.74 Å². The van der Waals surface area contributed by atoms with Crippen molar-refractivity contribution >= 4 is 5.65 Å². The Labute approximate surface area is 99.5 Å². The smallest absolute Gasteiger partial charge is 0.155 e. The predicted molar refractivity (Wildman–Crippen MR) is 62.4 cm³/mol. The van der Waals surface area contributed by atoms with Crippen molar-refractivity contribution in [3.63, 3.8) is 0 Å². The molecular weight excluding hydrogens is 220 g/mol. The minimum Gasteiger partial charge on any atom is -0.382 e. The van der Waals surface area contributed by atoms with Crippen molar-refractivity contribution in [3.05, 3.63) is 29.7 Å². The second kappa shape index (κ2) is 5.72. The Morgan fingerprint density at radius 2 is 2.29 bits per heavy atom. The maximum atomic E-state index is 5.16. The van der Waals surface area contributed by atoms with Gasteiger partial charge in [0.15, 0.2) is 5.65 Å². The zero-order valence-corrected chi connectivity index (χ0v) is 10.0. The lowest BCUT2D eigenvalue weighted by molar-refractivity contribution is 0.00337. The quantitative estimate of drug-likeness (QED) is 0.591. The maximum absolute atomic E-state index is 5.16. The summed E-state index contributed by atoms with van der Waals surface area (Å²) in [5.41, 5.74) is 5.67. The van der Waals surface area contributed by atoms with E-state index in [-0.39, 0.29) is 0 Å². The van der Waals surface area contributed by atoms with Crippen molar-refractivity contribution in [3.8, 4) is 0 Å². The first kappa shape index (κ1) is 12.0. The van der Waals surface area contributed by atoms with Crippen LogP contribution < -0.4 is 5.48 Å². The number of fused-ring (bicyclic) bond motifs is 1. The van der Waals surface area contributed by atoms with Crippen LogP contribution in [-0.2, 0) is 16.1 Å². The Morgan fingerprint density at radius 1 is 1.41 bits per heavy atom. The van der Waals surface area contributed by atoms with Gasteiger partial charge in [0, 0.05) is 37.7 Å². The van der Waals surface area contributed by atoms with E-state index < -0.39 is 0 Å². The van der Waals surface area contributed by atoms with Gasteiger partial charge >= 0.3 is 0 Å². The molecule has 0 saturated carbocycles. The lowest BCUT2D eigenvalue weighted by Crippen LogP contribution is -2.17. The summed E-state index contributed by atoms with van der Waals surface area (Å²) in [7, 11) is 1.64. The average molecular weight is 236 g/mol. The monoisotopic (exact) mass is 236 g/mol. The largest absolute Gasteiger partial charge is 0.382 e. The van der Waals surface area contributed by atoms with Crippen molar-refractivity contribution < 1.29 is 9.57 Å².